The number of thiophene rings is 1. The van der Waals surface area contributed by atoms with Crippen molar-refractivity contribution in [1.82, 2.24) is 9.80 Å². The molecule has 5 heteroatoms. The Bertz CT molecular complexity index is 466. The van der Waals surface area contributed by atoms with Crippen molar-refractivity contribution in [3.8, 4) is 12.0 Å². The second-order valence-corrected chi connectivity index (χ2v) is 5.68. The average Bonchev–Trinajstić information content (AvgIpc) is 2.75. The third-order valence-electron chi connectivity index (χ3n) is 2.63. The standard InChI is InChI=1S/C12H13ClN2OS/c1-14-6-8-15(9-7-14)5-4-10(16)11-2-3-12(13)17-11/h2-3H,6-9H2,1H3. The molecule has 0 aromatic carbocycles. The fourth-order valence-corrected chi connectivity index (χ4v) is 2.48. The molecule has 17 heavy (non-hydrogen) atoms. The van der Waals surface area contributed by atoms with Gasteiger partial charge in [0.05, 0.1) is 9.21 Å². The van der Waals surface area contributed by atoms with Crippen LogP contribution in [0.2, 0.25) is 4.34 Å². The van der Waals surface area contributed by atoms with E-state index >= 15 is 0 Å². The molecule has 1 aliphatic heterocycles. The molecule has 2 heterocycles. The van der Waals surface area contributed by atoms with E-state index in [1.54, 1.807) is 12.1 Å². The van der Waals surface area contributed by atoms with Gasteiger partial charge in [-0.2, -0.15) is 0 Å². The monoisotopic (exact) mass is 268 g/mol. The van der Waals surface area contributed by atoms with Crippen LogP contribution in [0.15, 0.2) is 12.1 Å². The minimum absolute atomic E-state index is 0.152. The molecule has 0 spiro atoms. The Labute approximate surface area is 110 Å². The zero-order valence-corrected chi connectivity index (χ0v) is 11.1. The quantitative estimate of drug-likeness (QED) is 0.573. The summed E-state index contributed by atoms with van der Waals surface area (Å²) in [5.41, 5.74) is 0. The summed E-state index contributed by atoms with van der Waals surface area (Å²) in [4.78, 5) is 16.6. The highest BCUT2D eigenvalue weighted by Crippen LogP contribution is 2.21. The molecule has 1 fully saturated rings. The van der Waals surface area contributed by atoms with Crippen molar-refractivity contribution in [1.29, 1.82) is 0 Å². The van der Waals surface area contributed by atoms with Crippen LogP contribution in [0.3, 0.4) is 0 Å². The van der Waals surface area contributed by atoms with Crippen LogP contribution in [0.5, 0.6) is 0 Å². The first-order valence-corrected chi connectivity index (χ1v) is 6.59. The van der Waals surface area contributed by atoms with Gasteiger partial charge in [-0.25, -0.2) is 0 Å². The maximum atomic E-state index is 11.7. The highest BCUT2D eigenvalue weighted by atomic mass is 35.5. The number of rotatable bonds is 1. The minimum Gasteiger partial charge on any atom is -0.330 e. The molecule has 1 aliphatic rings. The number of ketones is 1. The lowest BCUT2D eigenvalue weighted by Gasteiger charge is -2.29. The highest BCUT2D eigenvalue weighted by molar-refractivity contribution is 7.18. The van der Waals surface area contributed by atoms with Crippen LogP contribution in [0.1, 0.15) is 9.67 Å². The number of nitrogens with zero attached hydrogens (tertiary/aromatic N) is 2. The van der Waals surface area contributed by atoms with Crippen LogP contribution in [-0.4, -0.2) is 48.8 Å². The average molecular weight is 269 g/mol. The number of carbonyl (C=O) groups is 1. The van der Waals surface area contributed by atoms with Crippen LogP contribution < -0.4 is 0 Å². The lowest BCUT2D eigenvalue weighted by atomic mass is 10.3. The van der Waals surface area contributed by atoms with E-state index in [4.69, 9.17) is 11.6 Å². The number of hydrogen-bond acceptors (Lipinski definition) is 4. The summed E-state index contributed by atoms with van der Waals surface area (Å²) in [6.07, 6.45) is 0. The molecule has 0 saturated carbocycles. The van der Waals surface area contributed by atoms with E-state index in [9.17, 15) is 4.79 Å². The van der Waals surface area contributed by atoms with Gasteiger partial charge >= 0.3 is 0 Å². The number of piperazine rings is 1. The van der Waals surface area contributed by atoms with E-state index in [2.05, 4.69) is 23.9 Å². The molecule has 90 valence electrons. The van der Waals surface area contributed by atoms with Crippen molar-refractivity contribution < 1.29 is 4.79 Å². The molecule has 0 atom stereocenters. The Morgan fingerprint density at radius 3 is 2.65 bits per heavy atom. The molecular formula is C12H13ClN2OS. The van der Waals surface area contributed by atoms with E-state index in [0.29, 0.717) is 9.21 Å². The van der Waals surface area contributed by atoms with E-state index in [-0.39, 0.29) is 5.78 Å². The Morgan fingerprint density at radius 2 is 2.06 bits per heavy atom. The highest BCUT2D eigenvalue weighted by Gasteiger charge is 2.11. The first kappa shape index (κ1) is 12.4. The van der Waals surface area contributed by atoms with Crippen LogP contribution in [-0.2, 0) is 0 Å². The molecule has 0 amide bonds. The predicted octanol–water partition coefficient (Wildman–Crippen LogP) is 1.79. The Morgan fingerprint density at radius 1 is 1.35 bits per heavy atom. The number of Topliss-reactive ketones (excluding diaryl/α,β-unsaturated/α-hetero) is 1. The minimum atomic E-state index is -0.152. The van der Waals surface area contributed by atoms with Gasteiger partial charge in [-0.15, -0.1) is 11.3 Å². The maximum absolute atomic E-state index is 11.7. The van der Waals surface area contributed by atoms with E-state index < -0.39 is 0 Å². The van der Waals surface area contributed by atoms with Gasteiger partial charge in [0.15, 0.2) is 0 Å². The molecular weight excluding hydrogens is 256 g/mol. The molecule has 0 unspecified atom stereocenters. The molecule has 0 radical (unpaired) electrons. The Balaban J connectivity index is 1.95. The van der Waals surface area contributed by atoms with Gasteiger partial charge in [0.25, 0.3) is 0 Å². The van der Waals surface area contributed by atoms with Crippen LogP contribution >= 0.6 is 22.9 Å². The zero-order chi connectivity index (χ0) is 12.3. The number of carbonyl (C=O) groups excluding carboxylic acids is 1. The molecule has 1 saturated heterocycles. The Kier molecular flexibility index (Phi) is 4.06. The van der Waals surface area contributed by atoms with Crippen molar-refractivity contribution in [2.45, 2.75) is 0 Å². The smallest absolute Gasteiger partial charge is 0.247 e. The second kappa shape index (κ2) is 5.54. The van der Waals surface area contributed by atoms with E-state index in [0.717, 1.165) is 26.2 Å². The van der Waals surface area contributed by atoms with Crippen LogP contribution in [0, 0.1) is 12.0 Å². The van der Waals surface area contributed by atoms with E-state index in [1.165, 1.54) is 11.3 Å². The lowest BCUT2D eigenvalue weighted by molar-refractivity contribution is 0.105. The topological polar surface area (TPSA) is 23.6 Å². The summed E-state index contributed by atoms with van der Waals surface area (Å²) >= 11 is 7.04. The van der Waals surface area contributed by atoms with Gasteiger partial charge < -0.3 is 9.80 Å². The molecule has 3 nitrogen and oxygen atoms in total. The van der Waals surface area contributed by atoms with Crippen molar-refractivity contribution >= 4 is 28.7 Å². The summed E-state index contributed by atoms with van der Waals surface area (Å²) < 4.78 is 0.620. The lowest BCUT2D eigenvalue weighted by Crippen LogP contribution is -2.42. The molecule has 0 bridgehead atoms. The summed E-state index contributed by atoms with van der Waals surface area (Å²) in [5.74, 6) is 2.52. The molecule has 1 aromatic heterocycles. The van der Waals surface area contributed by atoms with Crippen molar-refractivity contribution in [3.05, 3.63) is 21.3 Å². The van der Waals surface area contributed by atoms with Crippen molar-refractivity contribution in [2.24, 2.45) is 0 Å². The fourth-order valence-electron chi connectivity index (χ4n) is 1.55. The third-order valence-corrected chi connectivity index (χ3v) is 3.86. The predicted molar refractivity (Wildman–Crippen MR) is 70.5 cm³/mol. The zero-order valence-electron chi connectivity index (χ0n) is 9.57. The van der Waals surface area contributed by atoms with Crippen LogP contribution in [0.4, 0.5) is 0 Å². The molecule has 0 aliphatic carbocycles. The maximum Gasteiger partial charge on any atom is 0.247 e. The second-order valence-electron chi connectivity index (χ2n) is 3.96. The summed E-state index contributed by atoms with van der Waals surface area (Å²) in [6.45, 7) is 3.77. The Hall–Kier alpha value is -1.02. The molecule has 2 rings (SSSR count). The normalized spacial score (nSPS) is 16.5. The fraction of sp³-hybridized carbons (Fsp3) is 0.417. The first-order valence-electron chi connectivity index (χ1n) is 5.40. The number of hydrogen-bond donors (Lipinski definition) is 0. The van der Waals surface area contributed by atoms with Gasteiger partial charge in [0.1, 0.15) is 0 Å². The molecule has 1 aromatic rings. The summed E-state index contributed by atoms with van der Waals surface area (Å²) in [5, 5.41) is 0. The van der Waals surface area contributed by atoms with Crippen molar-refractivity contribution in [2.75, 3.05) is 33.2 Å². The largest absolute Gasteiger partial charge is 0.330 e. The van der Waals surface area contributed by atoms with E-state index in [1.807, 2.05) is 4.90 Å². The van der Waals surface area contributed by atoms with Gasteiger partial charge in [-0.1, -0.05) is 11.6 Å². The van der Waals surface area contributed by atoms with Crippen molar-refractivity contribution in [3.63, 3.8) is 0 Å². The van der Waals surface area contributed by atoms with Gasteiger partial charge in [0, 0.05) is 38.1 Å². The first-order chi connectivity index (χ1) is 8.15. The van der Waals surface area contributed by atoms with Crippen LogP contribution in [0.25, 0.3) is 0 Å². The van der Waals surface area contributed by atoms with Gasteiger partial charge in [-0.3, -0.25) is 4.79 Å². The van der Waals surface area contributed by atoms with Gasteiger partial charge in [-0.05, 0) is 19.2 Å². The summed E-state index contributed by atoms with van der Waals surface area (Å²) in [6, 6.07) is 6.36. The van der Waals surface area contributed by atoms with Gasteiger partial charge in [0.2, 0.25) is 5.78 Å². The molecule has 0 N–H and O–H groups in total. The third kappa shape index (κ3) is 3.47. The SMILES string of the molecule is CN1CCN(C#CC(=O)c2ccc(Cl)s2)CC1. The number of likely N-dealkylation sites (N-methyl/N-ethyl adjacent to an activating group) is 1. The number of halogens is 1. The summed E-state index contributed by atoms with van der Waals surface area (Å²) in [7, 11) is 2.09.